The maximum atomic E-state index is 11.7. The highest BCUT2D eigenvalue weighted by molar-refractivity contribution is 9.10. The molecule has 1 aromatic carbocycles. The number of halogens is 2. The van der Waals surface area contributed by atoms with Crippen molar-refractivity contribution in [1.29, 1.82) is 0 Å². The van der Waals surface area contributed by atoms with Crippen LogP contribution >= 0.6 is 27.5 Å². The fourth-order valence-electron chi connectivity index (χ4n) is 1.18. The number of hydrogen-bond donors (Lipinski definition) is 0. The Balaban J connectivity index is 3.22. The van der Waals surface area contributed by atoms with E-state index in [-0.39, 0.29) is 10.6 Å². The molecule has 0 heterocycles. The van der Waals surface area contributed by atoms with Gasteiger partial charge >= 0.3 is 0 Å². The van der Waals surface area contributed by atoms with Crippen LogP contribution in [-0.2, 0) is 0 Å². The second-order valence-electron chi connectivity index (χ2n) is 3.40. The normalized spacial score (nSPS) is 12.6. The summed E-state index contributed by atoms with van der Waals surface area (Å²) in [6, 6.07) is 3.68. The van der Waals surface area contributed by atoms with Gasteiger partial charge in [-0.1, -0.05) is 27.5 Å². The highest BCUT2D eigenvalue weighted by Crippen LogP contribution is 2.23. The summed E-state index contributed by atoms with van der Waals surface area (Å²) in [7, 11) is 0. The van der Waals surface area contributed by atoms with Crippen molar-refractivity contribution in [2.45, 2.75) is 25.6 Å². The summed E-state index contributed by atoms with van der Waals surface area (Å²) in [5, 5.41) is 0.532. The fraction of sp³-hybridized carbons (Fsp3) is 0.364. The van der Waals surface area contributed by atoms with E-state index < -0.39 is 0 Å². The third kappa shape index (κ3) is 2.37. The molecule has 0 saturated heterocycles. The van der Waals surface area contributed by atoms with Crippen molar-refractivity contribution in [2.24, 2.45) is 0 Å². The third-order valence-electron chi connectivity index (χ3n) is 2.21. The standard InChI is InChI=1S/C11H12BrClO/c1-6-4-9(11(14)8(3)12)10(13)5-7(6)2/h4-5,8H,1-3H3. The van der Waals surface area contributed by atoms with E-state index in [4.69, 9.17) is 11.6 Å². The van der Waals surface area contributed by atoms with Gasteiger partial charge in [-0.05, 0) is 44.0 Å². The number of carbonyl (C=O) groups is 1. The Hall–Kier alpha value is -0.340. The van der Waals surface area contributed by atoms with Crippen LogP contribution in [0.4, 0.5) is 0 Å². The van der Waals surface area contributed by atoms with Gasteiger partial charge in [-0.2, -0.15) is 0 Å². The zero-order chi connectivity index (χ0) is 10.9. The lowest BCUT2D eigenvalue weighted by Crippen LogP contribution is -2.11. The van der Waals surface area contributed by atoms with Gasteiger partial charge < -0.3 is 0 Å². The smallest absolute Gasteiger partial charge is 0.177 e. The monoisotopic (exact) mass is 274 g/mol. The molecule has 0 bridgehead atoms. The van der Waals surface area contributed by atoms with E-state index in [0.29, 0.717) is 10.6 Å². The lowest BCUT2D eigenvalue weighted by atomic mass is 10.0. The lowest BCUT2D eigenvalue weighted by Gasteiger charge is -2.08. The van der Waals surface area contributed by atoms with E-state index in [1.165, 1.54) is 0 Å². The van der Waals surface area contributed by atoms with Gasteiger partial charge in [-0.15, -0.1) is 0 Å². The average Bonchev–Trinajstić information content (AvgIpc) is 2.10. The Labute approximate surface area is 97.6 Å². The molecule has 0 radical (unpaired) electrons. The highest BCUT2D eigenvalue weighted by atomic mass is 79.9. The summed E-state index contributed by atoms with van der Waals surface area (Å²) < 4.78 is 0. The van der Waals surface area contributed by atoms with Crippen LogP contribution in [0.25, 0.3) is 0 Å². The second-order valence-corrected chi connectivity index (χ2v) is 5.18. The van der Waals surface area contributed by atoms with Crippen molar-refractivity contribution >= 4 is 33.3 Å². The van der Waals surface area contributed by atoms with Crippen LogP contribution < -0.4 is 0 Å². The molecule has 1 unspecified atom stereocenters. The molecule has 1 rings (SSSR count). The molecule has 0 amide bonds. The molecule has 0 aliphatic rings. The lowest BCUT2D eigenvalue weighted by molar-refractivity contribution is 0.0996. The van der Waals surface area contributed by atoms with Crippen LogP contribution in [-0.4, -0.2) is 10.6 Å². The van der Waals surface area contributed by atoms with Crippen molar-refractivity contribution in [1.82, 2.24) is 0 Å². The first kappa shape index (κ1) is 11.7. The fourth-order valence-corrected chi connectivity index (χ4v) is 1.74. The summed E-state index contributed by atoms with van der Waals surface area (Å²) in [6.07, 6.45) is 0. The zero-order valence-electron chi connectivity index (χ0n) is 8.40. The van der Waals surface area contributed by atoms with Crippen LogP contribution in [0.2, 0.25) is 5.02 Å². The first-order valence-corrected chi connectivity index (χ1v) is 5.68. The first-order valence-electron chi connectivity index (χ1n) is 4.38. The number of ketones is 1. The SMILES string of the molecule is Cc1cc(Cl)c(C(=O)C(C)Br)cc1C. The summed E-state index contributed by atoms with van der Waals surface area (Å²) >= 11 is 9.24. The summed E-state index contributed by atoms with van der Waals surface area (Å²) in [6.45, 7) is 5.75. The zero-order valence-corrected chi connectivity index (χ0v) is 10.7. The third-order valence-corrected chi connectivity index (χ3v) is 2.94. The molecule has 1 aromatic rings. The van der Waals surface area contributed by atoms with E-state index in [2.05, 4.69) is 15.9 Å². The van der Waals surface area contributed by atoms with Crippen LogP contribution in [0.3, 0.4) is 0 Å². The largest absolute Gasteiger partial charge is 0.293 e. The topological polar surface area (TPSA) is 17.1 Å². The summed E-state index contributed by atoms with van der Waals surface area (Å²) in [5.41, 5.74) is 2.79. The van der Waals surface area contributed by atoms with Crippen molar-refractivity contribution in [3.63, 3.8) is 0 Å². The van der Waals surface area contributed by atoms with Gasteiger partial charge in [0.1, 0.15) is 0 Å². The first-order chi connectivity index (χ1) is 6.43. The Morgan fingerprint density at radius 3 is 2.36 bits per heavy atom. The number of Topliss-reactive ketones (excluding diaryl/α,β-unsaturated/α-hetero) is 1. The van der Waals surface area contributed by atoms with E-state index in [1.807, 2.05) is 26.0 Å². The Morgan fingerprint density at radius 2 is 1.86 bits per heavy atom. The number of rotatable bonds is 2. The Bertz CT molecular complexity index is 372. The van der Waals surface area contributed by atoms with Gasteiger partial charge in [0.25, 0.3) is 0 Å². The molecular formula is C11H12BrClO. The summed E-state index contributed by atoms with van der Waals surface area (Å²) in [4.78, 5) is 11.5. The van der Waals surface area contributed by atoms with Crippen LogP contribution in [0.1, 0.15) is 28.4 Å². The molecule has 0 aliphatic heterocycles. The number of alkyl halides is 1. The molecule has 0 fully saturated rings. The quantitative estimate of drug-likeness (QED) is 0.590. The minimum Gasteiger partial charge on any atom is -0.293 e. The molecule has 1 atom stereocenters. The number of hydrogen-bond acceptors (Lipinski definition) is 1. The molecule has 1 nitrogen and oxygen atoms in total. The van der Waals surface area contributed by atoms with Gasteiger partial charge in [0.05, 0.1) is 9.85 Å². The number of aryl methyl sites for hydroxylation is 2. The van der Waals surface area contributed by atoms with Crippen molar-refractivity contribution in [2.75, 3.05) is 0 Å². The maximum absolute atomic E-state index is 11.7. The predicted molar refractivity (Wildman–Crippen MR) is 63.6 cm³/mol. The molecular weight excluding hydrogens is 263 g/mol. The van der Waals surface area contributed by atoms with Crippen molar-refractivity contribution in [3.8, 4) is 0 Å². The number of benzene rings is 1. The maximum Gasteiger partial charge on any atom is 0.177 e. The van der Waals surface area contributed by atoms with Gasteiger partial charge in [0, 0.05) is 5.56 Å². The van der Waals surface area contributed by atoms with E-state index in [0.717, 1.165) is 11.1 Å². The van der Waals surface area contributed by atoms with Crippen molar-refractivity contribution in [3.05, 3.63) is 33.8 Å². The Kier molecular flexibility index (Phi) is 3.73. The molecule has 0 aromatic heterocycles. The molecule has 0 saturated carbocycles. The van der Waals surface area contributed by atoms with Crippen molar-refractivity contribution < 1.29 is 4.79 Å². The summed E-state index contributed by atoms with van der Waals surface area (Å²) in [5.74, 6) is 0.0260. The molecule has 0 N–H and O–H groups in total. The van der Waals surface area contributed by atoms with Crippen LogP contribution in [0.15, 0.2) is 12.1 Å². The Morgan fingerprint density at radius 1 is 1.36 bits per heavy atom. The van der Waals surface area contributed by atoms with E-state index in [9.17, 15) is 4.79 Å². The van der Waals surface area contributed by atoms with Crippen LogP contribution in [0.5, 0.6) is 0 Å². The van der Waals surface area contributed by atoms with Gasteiger partial charge in [-0.3, -0.25) is 4.79 Å². The second kappa shape index (κ2) is 4.45. The minimum absolute atomic E-state index is 0.0260. The predicted octanol–water partition coefficient (Wildman–Crippen LogP) is 3.92. The van der Waals surface area contributed by atoms with E-state index in [1.54, 1.807) is 6.92 Å². The molecule has 0 aliphatic carbocycles. The van der Waals surface area contributed by atoms with Gasteiger partial charge in [0.15, 0.2) is 5.78 Å². The van der Waals surface area contributed by atoms with Gasteiger partial charge in [0.2, 0.25) is 0 Å². The van der Waals surface area contributed by atoms with Crippen LogP contribution in [0, 0.1) is 13.8 Å². The molecule has 0 spiro atoms. The molecule has 14 heavy (non-hydrogen) atoms. The van der Waals surface area contributed by atoms with E-state index >= 15 is 0 Å². The molecule has 76 valence electrons. The molecule has 3 heteroatoms. The highest BCUT2D eigenvalue weighted by Gasteiger charge is 2.15. The van der Waals surface area contributed by atoms with Gasteiger partial charge in [-0.25, -0.2) is 0 Å². The average molecular weight is 276 g/mol. The minimum atomic E-state index is -0.192. The number of carbonyl (C=O) groups excluding carboxylic acids is 1.